The zero-order chi connectivity index (χ0) is 15.9. The van der Waals surface area contributed by atoms with Gasteiger partial charge in [-0.25, -0.2) is 0 Å². The molecule has 0 unspecified atom stereocenters. The van der Waals surface area contributed by atoms with Crippen LogP contribution in [0.4, 0.5) is 0 Å². The molecule has 1 aromatic carbocycles. The molecule has 4 nitrogen and oxygen atoms in total. The van der Waals surface area contributed by atoms with Crippen molar-refractivity contribution in [1.82, 2.24) is 14.7 Å². The summed E-state index contributed by atoms with van der Waals surface area (Å²) >= 11 is 0. The van der Waals surface area contributed by atoms with Crippen molar-refractivity contribution < 1.29 is 4.74 Å². The summed E-state index contributed by atoms with van der Waals surface area (Å²) in [4.78, 5) is 2.34. The monoisotopic (exact) mass is 301 g/mol. The molecule has 0 atom stereocenters. The highest BCUT2D eigenvalue weighted by atomic mass is 16.5. The summed E-state index contributed by atoms with van der Waals surface area (Å²) in [6, 6.07) is 10.3. The van der Waals surface area contributed by atoms with Gasteiger partial charge in [-0.05, 0) is 32.9 Å². The van der Waals surface area contributed by atoms with E-state index in [4.69, 9.17) is 4.74 Å². The predicted molar refractivity (Wildman–Crippen MR) is 89.7 cm³/mol. The standard InChI is InChI=1S/C18H27N3O/c1-15-18(16(2)21(4)19-15)13-20(3)11-8-12-22-14-17-9-6-5-7-10-17/h5-7,9-10H,8,11-14H2,1-4H3. The van der Waals surface area contributed by atoms with Gasteiger partial charge in [0.05, 0.1) is 12.3 Å². The van der Waals surface area contributed by atoms with E-state index >= 15 is 0 Å². The Bertz CT molecular complexity index is 578. The van der Waals surface area contributed by atoms with Crippen molar-refractivity contribution in [3.63, 3.8) is 0 Å². The number of benzene rings is 1. The number of aryl methyl sites for hydroxylation is 2. The molecule has 120 valence electrons. The van der Waals surface area contributed by atoms with Gasteiger partial charge in [0.2, 0.25) is 0 Å². The van der Waals surface area contributed by atoms with E-state index in [2.05, 4.69) is 43.0 Å². The summed E-state index contributed by atoms with van der Waals surface area (Å²) < 4.78 is 7.69. The number of aromatic nitrogens is 2. The zero-order valence-electron chi connectivity index (χ0n) is 14.2. The molecule has 0 saturated heterocycles. The predicted octanol–water partition coefficient (Wildman–Crippen LogP) is 3.08. The Morgan fingerprint density at radius 3 is 2.55 bits per heavy atom. The molecule has 2 aromatic rings. The first-order chi connectivity index (χ1) is 10.6. The minimum atomic E-state index is 0.700. The number of ether oxygens (including phenoxy) is 1. The van der Waals surface area contributed by atoms with Gasteiger partial charge in [-0.1, -0.05) is 30.3 Å². The third kappa shape index (κ3) is 4.68. The van der Waals surface area contributed by atoms with Gasteiger partial charge in [-0.3, -0.25) is 4.68 Å². The van der Waals surface area contributed by atoms with E-state index < -0.39 is 0 Å². The summed E-state index contributed by atoms with van der Waals surface area (Å²) in [5.41, 5.74) is 4.96. The smallest absolute Gasteiger partial charge is 0.0716 e. The lowest BCUT2D eigenvalue weighted by atomic mass is 10.2. The van der Waals surface area contributed by atoms with Gasteiger partial charge in [0.15, 0.2) is 0 Å². The fraction of sp³-hybridized carbons (Fsp3) is 0.500. The Kier molecular flexibility index (Phi) is 6.16. The van der Waals surface area contributed by atoms with Gasteiger partial charge in [-0.15, -0.1) is 0 Å². The average molecular weight is 301 g/mol. The maximum Gasteiger partial charge on any atom is 0.0716 e. The maximum atomic E-state index is 5.73. The SMILES string of the molecule is Cc1nn(C)c(C)c1CN(C)CCCOCc1ccccc1. The second-order valence-electron chi connectivity index (χ2n) is 5.90. The van der Waals surface area contributed by atoms with E-state index in [1.54, 1.807) is 0 Å². The number of nitrogens with zero attached hydrogens (tertiary/aromatic N) is 3. The van der Waals surface area contributed by atoms with E-state index in [-0.39, 0.29) is 0 Å². The van der Waals surface area contributed by atoms with Gasteiger partial charge < -0.3 is 9.64 Å². The molecule has 0 amide bonds. The minimum Gasteiger partial charge on any atom is -0.377 e. The Morgan fingerprint density at radius 2 is 1.91 bits per heavy atom. The zero-order valence-corrected chi connectivity index (χ0v) is 14.2. The molecule has 0 fully saturated rings. The highest BCUT2D eigenvalue weighted by molar-refractivity contribution is 5.24. The largest absolute Gasteiger partial charge is 0.377 e. The first kappa shape index (κ1) is 16.7. The van der Waals surface area contributed by atoms with Crippen molar-refractivity contribution in [3.05, 3.63) is 52.8 Å². The van der Waals surface area contributed by atoms with Crippen molar-refractivity contribution in [2.24, 2.45) is 7.05 Å². The molecule has 0 spiro atoms. The summed E-state index contributed by atoms with van der Waals surface area (Å²) in [6.45, 7) is 7.69. The van der Waals surface area contributed by atoms with Gasteiger partial charge in [-0.2, -0.15) is 5.10 Å². The van der Waals surface area contributed by atoms with Crippen LogP contribution in [0.25, 0.3) is 0 Å². The van der Waals surface area contributed by atoms with E-state index in [0.717, 1.165) is 31.8 Å². The second-order valence-corrected chi connectivity index (χ2v) is 5.90. The quantitative estimate of drug-likeness (QED) is 0.702. The van der Waals surface area contributed by atoms with Crippen LogP contribution >= 0.6 is 0 Å². The van der Waals surface area contributed by atoms with Crippen LogP contribution in [0.15, 0.2) is 30.3 Å². The van der Waals surface area contributed by atoms with Crippen LogP contribution in [0, 0.1) is 13.8 Å². The summed E-state index contributed by atoms with van der Waals surface area (Å²) in [5.74, 6) is 0. The average Bonchev–Trinajstić information content (AvgIpc) is 2.74. The Hall–Kier alpha value is -1.65. The van der Waals surface area contributed by atoms with Crippen LogP contribution in [-0.4, -0.2) is 34.9 Å². The fourth-order valence-corrected chi connectivity index (χ4v) is 2.60. The highest BCUT2D eigenvalue weighted by Crippen LogP contribution is 2.14. The molecule has 0 aliphatic heterocycles. The molecule has 2 rings (SSSR count). The highest BCUT2D eigenvalue weighted by Gasteiger charge is 2.11. The summed E-state index contributed by atoms with van der Waals surface area (Å²) in [6.07, 6.45) is 1.04. The Balaban J connectivity index is 1.66. The second kappa shape index (κ2) is 8.11. The van der Waals surface area contributed by atoms with Gasteiger partial charge in [0.25, 0.3) is 0 Å². The molecule has 0 N–H and O–H groups in total. The third-order valence-corrected chi connectivity index (χ3v) is 4.03. The first-order valence-electron chi connectivity index (χ1n) is 7.87. The first-order valence-corrected chi connectivity index (χ1v) is 7.87. The summed E-state index contributed by atoms with van der Waals surface area (Å²) in [5, 5.41) is 4.47. The van der Waals surface area contributed by atoms with E-state index in [1.807, 2.05) is 29.9 Å². The van der Waals surface area contributed by atoms with Crippen LogP contribution < -0.4 is 0 Å². The number of hydrogen-bond donors (Lipinski definition) is 0. The van der Waals surface area contributed by atoms with Crippen molar-refractivity contribution in [2.75, 3.05) is 20.2 Å². The third-order valence-electron chi connectivity index (χ3n) is 4.03. The van der Waals surface area contributed by atoms with Gasteiger partial charge in [0.1, 0.15) is 0 Å². The molecule has 1 heterocycles. The van der Waals surface area contributed by atoms with Crippen LogP contribution in [0.5, 0.6) is 0 Å². The molecule has 22 heavy (non-hydrogen) atoms. The molecule has 0 radical (unpaired) electrons. The molecule has 0 aliphatic carbocycles. The van der Waals surface area contributed by atoms with Crippen LogP contribution in [0.3, 0.4) is 0 Å². The normalized spacial score (nSPS) is 11.3. The molecule has 0 aliphatic rings. The Labute approximate surface area is 133 Å². The summed E-state index contributed by atoms with van der Waals surface area (Å²) in [7, 11) is 4.16. The lowest BCUT2D eigenvalue weighted by molar-refractivity contribution is 0.110. The molecule has 4 heteroatoms. The van der Waals surface area contributed by atoms with Crippen LogP contribution in [-0.2, 0) is 24.9 Å². The van der Waals surface area contributed by atoms with Crippen LogP contribution in [0.2, 0.25) is 0 Å². The lowest BCUT2D eigenvalue weighted by Crippen LogP contribution is -2.21. The van der Waals surface area contributed by atoms with Gasteiger partial charge in [0, 0.05) is 38.0 Å². The fourth-order valence-electron chi connectivity index (χ4n) is 2.60. The van der Waals surface area contributed by atoms with E-state index in [0.29, 0.717) is 6.61 Å². The van der Waals surface area contributed by atoms with Crippen molar-refractivity contribution >= 4 is 0 Å². The van der Waals surface area contributed by atoms with Crippen molar-refractivity contribution in [1.29, 1.82) is 0 Å². The minimum absolute atomic E-state index is 0.700. The Morgan fingerprint density at radius 1 is 1.18 bits per heavy atom. The molecule has 1 aromatic heterocycles. The molecular formula is C18H27N3O. The van der Waals surface area contributed by atoms with Crippen molar-refractivity contribution in [3.8, 4) is 0 Å². The molecular weight excluding hydrogens is 274 g/mol. The number of hydrogen-bond acceptors (Lipinski definition) is 3. The van der Waals surface area contributed by atoms with Crippen LogP contribution in [0.1, 0.15) is 28.9 Å². The molecule has 0 saturated carbocycles. The molecule has 0 bridgehead atoms. The van der Waals surface area contributed by atoms with E-state index in [1.165, 1.54) is 16.8 Å². The number of rotatable bonds is 8. The lowest BCUT2D eigenvalue weighted by Gasteiger charge is -2.17. The van der Waals surface area contributed by atoms with E-state index in [9.17, 15) is 0 Å². The van der Waals surface area contributed by atoms with Crippen molar-refractivity contribution in [2.45, 2.75) is 33.4 Å². The topological polar surface area (TPSA) is 30.3 Å². The maximum absolute atomic E-state index is 5.73. The van der Waals surface area contributed by atoms with Gasteiger partial charge >= 0.3 is 0 Å².